The van der Waals surface area contributed by atoms with Gasteiger partial charge in [0, 0.05) is 28.0 Å². The van der Waals surface area contributed by atoms with E-state index < -0.39 is 6.10 Å². The van der Waals surface area contributed by atoms with E-state index in [2.05, 4.69) is 15.9 Å². The molecule has 3 aromatic rings. The maximum atomic E-state index is 13.6. The first-order valence-electron chi connectivity index (χ1n) is 9.67. The highest BCUT2D eigenvalue weighted by Crippen LogP contribution is 2.39. The normalized spacial score (nSPS) is 16.8. The fourth-order valence-electron chi connectivity index (χ4n) is 3.67. The summed E-state index contributed by atoms with van der Waals surface area (Å²) in [6, 6.07) is 22.2. The summed E-state index contributed by atoms with van der Waals surface area (Å²) in [5.41, 5.74) is 3.31. The first-order valence-corrected chi connectivity index (χ1v) is 11.2. The van der Waals surface area contributed by atoms with Crippen molar-refractivity contribution in [2.24, 2.45) is 5.10 Å². The molecule has 0 unspecified atom stereocenters. The van der Waals surface area contributed by atoms with E-state index in [4.69, 9.17) is 33.0 Å². The SMILES string of the molecule is CO[C@@H](C(=O)N1N=C(c2ccc(Br)cc2)C[C@H]1c1ccc(Cl)cc1Cl)c1ccccc1. The summed E-state index contributed by atoms with van der Waals surface area (Å²) in [5, 5.41) is 7.25. The summed E-state index contributed by atoms with van der Waals surface area (Å²) in [4.78, 5) is 13.6. The maximum Gasteiger partial charge on any atom is 0.276 e. The average Bonchev–Trinajstić information content (AvgIpc) is 3.20. The number of halogens is 3. The van der Waals surface area contributed by atoms with Crippen LogP contribution in [0.4, 0.5) is 0 Å². The van der Waals surface area contributed by atoms with Gasteiger partial charge in [-0.15, -0.1) is 0 Å². The molecule has 0 aromatic heterocycles. The van der Waals surface area contributed by atoms with E-state index in [9.17, 15) is 4.79 Å². The van der Waals surface area contributed by atoms with E-state index in [-0.39, 0.29) is 11.9 Å². The third-order valence-corrected chi connectivity index (χ3v) is 6.29. The van der Waals surface area contributed by atoms with Crippen molar-refractivity contribution in [3.63, 3.8) is 0 Å². The average molecular weight is 518 g/mol. The van der Waals surface area contributed by atoms with Crippen molar-refractivity contribution >= 4 is 50.8 Å². The molecule has 1 amide bonds. The Kier molecular flexibility index (Phi) is 6.77. The molecule has 31 heavy (non-hydrogen) atoms. The fourth-order valence-corrected chi connectivity index (χ4v) is 4.47. The fraction of sp³-hybridized carbons (Fsp3) is 0.167. The summed E-state index contributed by atoms with van der Waals surface area (Å²) < 4.78 is 6.56. The van der Waals surface area contributed by atoms with Crippen LogP contribution in [0.15, 0.2) is 82.4 Å². The molecule has 0 saturated carbocycles. The molecule has 158 valence electrons. The summed E-state index contributed by atoms with van der Waals surface area (Å²) >= 11 is 16.1. The molecule has 1 aliphatic rings. The van der Waals surface area contributed by atoms with Gasteiger partial charge in [0.2, 0.25) is 0 Å². The molecular formula is C24H19BrCl2N2O2. The van der Waals surface area contributed by atoms with Crippen LogP contribution in [0.3, 0.4) is 0 Å². The molecule has 0 N–H and O–H groups in total. The second-order valence-corrected chi connectivity index (χ2v) is 8.91. The summed E-state index contributed by atoms with van der Waals surface area (Å²) in [6.45, 7) is 0. The van der Waals surface area contributed by atoms with Gasteiger partial charge in [-0.3, -0.25) is 4.79 Å². The standard InChI is InChI=1S/C24H19BrCl2N2O2/c1-31-23(16-5-3-2-4-6-16)24(30)29-22(19-12-11-18(26)13-20(19)27)14-21(28-29)15-7-9-17(25)10-8-15/h2-13,22-23H,14H2,1H3/t22-,23+/m0/s1. The Morgan fingerprint density at radius 2 is 1.81 bits per heavy atom. The van der Waals surface area contributed by atoms with Gasteiger partial charge < -0.3 is 4.74 Å². The van der Waals surface area contributed by atoms with E-state index >= 15 is 0 Å². The Labute approximate surface area is 199 Å². The monoisotopic (exact) mass is 516 g/mol. The Balaban J connectivity index is 1.75. The van der Waals surface area contributed by atoms with Crippen molar-refractivity contribution in [1.82, 2.24) is 5.01 Å². The van der Waals surface area contributed by atoms with Gasteiger partial charge in [0.05, 0.1) is 11.8 Å². The number of hydrogen-bond donors (Lipinski definition) is 0. The van der Waals surface area contributed by atoms with E-state index in [1.54, 1.807) is 12.1 Å². The minimum atomic E-state index is -0.775. The lowest BCUT2D eigenvalue weighted by Gasteiger charge is -2.26. The van der Waals surface area contributed by atoms with Gasteiger partial charge in [-0.25, -0.2) is 5.01 Å². The minimum absolute atomic E-state index is 0.253. The lowest BCUT2D eigenvalue weighted by Crippen LogP contribution is -2.32. The smallest absolute Gasteiger partial charge is 0.276 e. The maximum absolute atomic E-state index is 13.6. The third kappa shape index (κ3) is 4.70. The molecule has 0 aliphatic carbocycles. The van der Waals surface area contributed by atoms with E-state index in [1.807, 2.05) is 60.7 Å². The number of hydrazone groups is 1. The number of hydrogen-bond acceptors (Lipinski definition) is 3. The number of rotatable bonds is 5. The number of carbonyl (C=O) groups excluding carboxylic acids is 1. The molecule has 1 heterocycles. The number of amides is 1. The summed E-state index contributed by atoms with van der Waals surface area (Å²) in [7, 11) is 1.52. The first-order chi connectivity index (χ1) is 15.0. The van der Waals surface area contributed by atoms with Gasteiger partial charge in [-0.2, -0.15) is 5.10 Å². The van der Waals surface area contributed by atoms with Crippen LogP contribution in [0.25, 0.3) is 0 Å². The minimum Gasteiger partial charge on any atom is -0.367 e. The van der Waals surface area contributed by atoms with E-state index in [0.717, 1.165) is 26.9 Å². The molecular weight excluding hydrogens is 499 g/mol. The number of benzene rings is 3. The second kappa shape index (κ2) is 9.53. The number of methoxy groups -OCH3 is 1. The number of ether oxygens (including phenoxy) is 1. The topological polar surface area (TPSA) is 41.9 Å². The Bertz CT molecular complexity index is 1120. The van der Waals surface area contributed by atoms with Crippen LogP contribution in [0.2, 0.25) is 10.0 Å². The van der Waals surface area contributed by atoms with Crippen molar-refractivity contribution in [2.45, 2.75) is 18.6 Å². The molecule has 7 heteroatoms. The van der Waals surface area contributed by atoms with E-state index in [0.29, 0.717) is 16.5 Å². The lowest BCUT2D eigenvalue weighted by molar-refractivity contribution is -0.144. The number of carbonyl (C=O) groups is 1. The van der Waals surface area contributed by atoms with Crippen molar-refractivity contribution in [2.75, 3.05) is 7.11 Å². The van der Waals surface area contributed by atoms with Crippen LogP contribution in [-0.4, -0.2) is 23.7 Å². The molecule has 0 bridgehead atoms. The van der Waals surface area contributed by atoms with Crippen molar-refractivity contribution in [3.05, 3.63) is 104 Å². The molecule has 4 rings (SSSR count). The number of nitrogens with zero attached hydrogens (tertiary/aromatic N) is 2. The van der Waals surface area contributed by atoms with Crippen molar-refractivity contribution in [1.29, 1.82) is 0 Å². The van der Waals surface area contributed by atoms with Crippen LogP contribution >= 0.6 is 39.1 Å². The molecule has 0 spiro atoms. The van der Waals surface area contributed by atoms with Crippen LogP contribution < -0.4 is 0 Å². The Morgan fingerprint density at radius 1 is 1.10 bits per heavy atom. The zero-order valence-electron chi connectivity index (χ0n) is 16.6. The zero-order chi connectivity index (χ0) is 22.0. The largest absolute Gasteiger partial charge is 0.367 e. The van der Waals surface area contributed by atoms with Gasteiger partial charge in [-0.05, 0) is 41.0 Å². The lowest BCUT2D eigenvalue weighted by atomic mass is 9.98. The summed E-state index contributed by atoms with van der Waals surface area (Å²) in [5.74, 6) is -0.253. The molecule has 0 saturated heterocycles. The molecule has 4 nitrogen and oxygen atoms in total. The van der Waals surface area contributed by atoms with Gasteiger partial charge in [0.15, 0.2) is 6.10 Å². The highest BCUT2D eigenvalue weighted by molar-refractivity contribution is 9.10. The van der Waals surface area contributed by atoms with Crippen molar-refractivity contribution < 1.29 is 9.53 Å². The zero-order valence-corrected chi connectivity index (χ0v) is 19.7. The van der Waals surface area contributed by atoms with Gasteiger partial charge >= 0.3 is 0 Å². The van der Waals surface area contributed by atoms with Crippen LogP contribution in [0, 0.1) is 0 Å². The van der Waals surface area contributed by atoms with Gasteiger partial charge in [0.1, 0.15) is 0 Å². The van der Waals surface area contributed by atoms with E-state index in [1.165, 1.54) is 12.1 Å². The van der Waals surface area contributed by atoms with Crippen LogP contribution in [0.1, 0.15) is 35.3 Å². The highest BCUT2D eigenvalue weighted by Gasteiger charge is 2.38. The molecule has 0 fully saturated rings. The second-order valence-electron chi connectivity index (χ2n) is 7.15. The summed E-state index contributed by atoms with van der Waals surface area (Å²) in [6.07, 6.45) is -0.247. The Morgan fingerprint density at radius 3 is 2.45 bits per heavy atom. The molecule has 3 aromatic carbocycles. The quantitative estimate of drug-likeness (QED) is 0.372. The molecule has 1 aliphatic heterocycles. The van der Waals surface area contributed by atoms with Crippen molar-refractivity contribution in [3.8, 4) is 0 Å². The van der Waals surface area contributed by atoms with Crippen LogP contribution in [0.5, 0.6) is 0 Å². The first kappa shape index (κ1) is 22.0. The predicted molar refractivity (Wildman–Crippen MR) is 128 cm³/mol. The predicted octanol–water partition coefficient (Wildman–Crippen LogP) is 6.82. The Hall–Kier alpha value is -2.18. The van der Waals surface area contributed by atoms with Crippen LogP contribution in [-0.2, 0) is 9.53 Å². The molecule has 2 atom stereocenters. The third-order valence-electron chi connectivity index (χ3n) is 5.20. The highest BCUT2D eigenvalue weighted by atomic mass is 79.9. The van der Waals surface area contributed by atoms with Gasteiger partial charge in [-0.1, -0.05) is 87.7 Å². The van der Waals surface area contributed by atoms with Gasteiger partial charge in [0.25, 0.3) is 5.91 Å². The molecule has 0 radical (unpaired) electrons.